The summed E-state index contributed by atoms with van der Waals surface area (Å²) in [5.41, 5.74) is 4.73. The maximum atomic E-state index is 11.7. The number of rotatable bonds is 4. The number of hydrogen-bond donors (Lipinski definition) is 0. The molecule has 0 amide bonds. The van der Waals surface area contributed by atoms with Crippen LogP contribution in [0.3, 0.4) is 0 Å². The Balaban J connectivity index is 1.65. The van der Waals surface area contributed by atoms with Crippen LogP contribution in [-0.4, -0.2) is 13.1 Å². The largest absolute Gasteiger partial charge is 0.465 e. The Hall–Kier alpha value is -2.98. The maximum Gasteiger partial charge on any atom is 0.337 e. The molecule has 1 heterocycles. The van der Waals surface area contributed by atoms with Gasteiger partial charge in [0.1, 0.15) is 0 Å². The first-order valence-electron chi connectivity index (χ1n) is 8.67. The van der Waals surface area contributed by atoms with Gasteiger partial charge in [-0.3, -0.25) is 0 Å². The number of hydrogen-bond acceptors (Lipinski definition) is 4. The number of methoxy groups -OCH3 is 1. The molecule has 134 valence electrons. The smallest absolute Gasteiger partial charge is 0.337 e. The summed E-state index contributed by atoms with van der Waals surface area (Å²) in [6.07, 6.45) is 0. The summed E-state index contributed by atoms with van der Waals surface area (Å²) in [7, 11) is 1.37. The van der Waals surface area contributed by atoms with Gasteiger partial charge in [-0.2, -0.15) is 0 Å². The first-order chi connectivity index (χ1) is 13.2. The zero-order valence-electron chi connectivity index (χ0n) is 15.0. The van der Waals surface area contributed by atoms with Crippen LogP contribution < -0.4 is 4.90 Å². The van der Waals surface area contributed by atoms with Gasteiger partial charge in [-0.15, -0.1) is 0 Å². The van der Waals surface area contributed by atoms with Crippen molar-refractivity contribution in [3.05, 3.63) is 90.5 Å². The highest BCUT2D eigenvalue weighted by Crippen LogP contribution is 2.48. The topological polar surface area (TPSA) is 29.5 Å². The van der Waals surface area contributed by atoms with Crippen LogP contribution in [0.5, 0.6) is 0 Å². The molecule has 0 aliphatic carbocycles. The van der Waals surface area contributed by atoms with Gasteiger partial charge in [0.25, 0.3) is 0 Å². The molecule has 0 saturated carbocycles. The summed E-state index contributed by atoms with van der Waals surface area (Å²) in [4.78, 5) is 16.5. The van der Waals surface area contributed by atoms with E-state index in [-0.39, 0.29) is 0 Å². The predicted molar refractivity (Wildman–Crippen MR) is 110 cm³/mol. The number of nitrogens with zero attached hydrogens (tertiary/aromatic N) is 1. The van der Waals surface area contributed by atoms with Gasteiger partial charge in [-0.05, 0) is 35.4 Å². The van der Waals surface area contributed by atoms with Crippen molar-refractivity contribution >= 4 is 34.7 Å². The van der Waals surface area contributed by atoms with Gasteiger partial charge < -0.3 is 9.64 Å². The molecule has 1 aliphatic rings. The summed E-state index contributed by atoms with van der Waals surface area (Å²) in [5, 5.41) is 0. The van der Waals surface area contributed by atoms with Crippen LogP contribution in [0.15, 0.2) is 89.2 Å². The molecule has 27 heavy (non-hydrogen) atoms. The van der Waals surface area contributed by atoms with Crippen molar-refractivity contribution in [3.63, 3.8) is 0 Å². The third kappa shape index (κ3) is 3.36. The standard InChI is InChI=1S/C23H19NO2S/c1-16(23(25)26-2)18-13-11-17(12-14-18)15-24-19-7-3-5-9-21(19)27-22-10-6-4-8-20(22)24/h3-14H,1,15H2,2H3. The molecule has 3 nitrogen and oxygen atoms in total. The van der Waals surface area contributed by atoms with Gasteiger partial charge in [-0.25, -0.2) is 4.79 Å². The Morgan fingerprint density at radius 2 is 1.48 bits per heavy atom. The molecule has 4 rings (SSSR count). The Bertz CT molecular complexity index is 965. The Morgan fingerprint density at radius 1 is 0.926 bits per heavy atom. The highest BCUT2D eigenvalue weighted by atomic mass is 32.2. The number of anilines is 2. The predicted octanol–water partition coefficient (Wildman–Crippen LogP) is 5.68. The van der Waals surface area contributed by atoms with Gasteiger partial charge in [0.2, 0.25) is 0 Å². The summed E-state index contributed by atoms with van der Waals surface area (Å²) >= 11 is 1.80. The Labute approximate surface area is 163 Å². The molecule has 0 spiro atoms. The van der Waals surface area contributed by atoms with Crippen LogP contribution in [0.1, 0.15) is 11.1 Å². The highest BCUT2D eigenvalue weighted by molar-refractivity contribution is 7.99. The van der Waals surface area contributed by atoms with Gasteiger partial charge in [0.05, 0.1) is 24.1 Å². The summed E-state index contributed by atoms with van der Waals surface area (Å²) in [6.45, 7) is 4.56. The third-order valence-electron chi connectivity index (χ3n) is 4.61. The van der Waals surface area contributed by atoms with Crippen molar-refractivity contribution in [2.45, 2.75) is 16.3 Å². The third-order valence-corrected chi connectivity index (χ3v) is 5.74. The lowest BCUT2D eigenvalue weighted by molar-refractivity contribution is -0.133. The fourth-order valence-corrected chi connectivity index (χ4v) is 4.28. The molecule has 0 N–H and O–H groups in total. The first kappa shape index (κ1) is 17.4. The molecular formula is C23H19NO2S. The van der Waals surface area contributed by atoms with E-state index in [1.807, 2.05) is 24.3 Å². The fraction of sp³-hybridized carbons (Fsp3) is 0.0870. The highest BCUT2D eigenvalue weighted by Gasteiger charge is 2.22. The lowest BCUT2D eigenvalue weighted by Gasteiger charge is -2.32. The average molecular weight is 373 g/mol. The van der Waals surface area contributed by atoms with Crippen molar-refractivity contribution in [2.75, 3.05) is 12.0 Å². The molecule has 0 aromatic heterocycles. The van der Waals surface area contributed by atoms with Crippen LogP contribution >= 0.6 is 11.8 Å². The van der Waals surface area contributed by atoms with Gasteiger partial charge >= 0.3 is 5.97 Å². The molecule has 0 bridgehead atoms. The first-order valence-corrected chi connectivity index (χ1v) is 9.49. The summed E-state index contributed by atoms with van der Waals surface area (Å²) in [5.74, 6) is -0.404. The van der Waals surface area contributed by atoms with Crippen LogP contribution in [0.25, 0.3) is 5.57 Å². The lowest BCUT2D eigenvalue weighted by atomic mass is 10.0. The van der Waals surface area contributed by atoms with Crippen molar-refractivity contribution in [3.8, 4) is 0 Å². The molecule has 0 atom stereocenters. The van der Waals surface area contributed by atoms with Crippen molar-refractivity contribution in [1.82, 2.24) is 0 Å². The van der Waals surface area contributed by atoms with Gasteiger partial charge in [0.15, 0.2) is 0 Å². The zero-order chi connectivity index (χ0) is 18.8. The van der Waals surface area contributed by atoms with Crippen LogP contribution in [0.4, 0.5) is 11.4 Å². The molecule has 0 radical (unpaired) electrons. The van der Waals surface area contributed by atoms with Crippen LogP contribution in [-0.2, 0) is 16.1 Å². The zero-order valence-corrected chi connectivity index (χ0v) is 15.8. The molecule has 3 aromatic carbocycles. The van der Waals surface area contributed by atoms with Crippen molar-refractivity contribution in [2.24, 2.45) is 0 Å². The quantitative estimate of drug-likeness (QED) is 0.435. The minimum absolute atomic E-state index is 0.370. The van der Waals surface area contributed by atoms with E-state index in [0.29, 0.717) is 5.57 Å². The number of esters is 1. The number of carbonyl (C=O) groups is 1. The van der Waals surface area contributed by atoms with E-state index in [1.165, 1.54) is 28.3 Å². The minimum atomic E-state index is -0.404. The summed E-state index contributed by atoms with van der Waals surface area (Å²) < 4.78 is 4.75. The number of ether oxygens (including phenoxy) is 1. The van der Waals surface area contributed by atoms with Crippen LogP contribution in [0.2, 0.25) is 0 Å². The molecule has 0 fully saturated rings. The average Bonchev–Trinajstić information content (AvgIpc) is 2.73. The van der Waals surface area contributed by atoms with Gasteiger partial charge in [-0.1, -0.05) is 66.9 Å². The molecule has 4 heteroatoms. The second kappa shape index (κ2) is 7.33. The van der Waals surface area contributed by atoms with E-state index in [4.69, 9.17) is 4.74 Å². The number of benzene rings is 3. The molecular weight excluding hydrogens is 354 g/mol. The van der Waals surface area contributed by atoms with Crippen molar-refractivity contribution < 1.29 is 9.53 Å². The molecule has 0 saturated heterocycles. The van der Waals surface area contributed by atoms with Crippen molar-refractivity contribution in [1.29, 1.82) is 0 Å². The maximum absolute atomic E-state index is 11.7. The monoisotopic (exact) mass is 373 g/mol. The van der Waals surface area contributed by atoms with Gasteiger partial charge in [0, 0.05) is 16.3 Å². The lowest BCUT2D eigenvalue weighted by Crippen LogP contribution is -2.20. The second-order valence-electron chi connectivity index (χ2n) is 6.29. The van der Waals surface area contributed by atoms with E-state index >= 15 is 0 Å². The minimum Gasteiger partial charge on any atom is -0.465 e. The van der Waals surface area contributed by atoms with Crippen LogP contribution in [0, 0.1) is 0 Å². The van der Waals surface area contributed by atoms with E-state index in [1.54, 1.807) is 11.8 Å². The second-order valence-corrected chi connectivity index (χ2v) is 7.37. The molecule has 1 aliphatic heterocycles. The molecule has 3 aromatic rings. The van der Waals surface area contributed by atoms with E-state index in [0.717, 1.165) is 17.7 Å². The van der Waals surface area contributed by atoms with E-state index < -0.39 is 5.97 Å². The van der Waals surface area contributed by atoms with E-state index in [2.05, 4.69) is 60.0 Å². The normalized spacial score (nSPS) is 12.1. The SMILES string of the molecule is C=C(C(=O)OC)c1ccc(CN2c3ccccc3Sc3ccccc32)cc1. The summed E-state index contributed by atoms with van der Waals surface area (Å²) in [6, 6.07) is 24.9. The Morgan fingerprint density at radius 3 is 2.04 bits per heavy atom. The van der Waals surface area contributed by atoms with E-state index in [9.17, 15) is 4.79 Å². The molecule has 0 unspecified atom stereocenters. The number of carbonyl (C=O) groups excluding carboxylic acids is 1. The fourth-order valence-electron chi connectivity index (χ4n) is 3.19. The number of para-hydroxylation sites is 2. The Kier molecular flexibility index (Phi) is 4.73. The number of fused-ring (bicyclic) bond motifs is 2.